The Balaban J connectivity index is 1.99. The first-order chi connectivity index (χ1) is 13.5. The number of piperazine rings is 1. The van der Waals surface area contributed by atoms with Crippen LogP contribution in [-0.4, -0.2) is 55.5 Å². The lowest BCUT2D eigenvalue weighted by Crippen LogP contribution is -2.70. The molecule has 0 bridgehead atoms. The van der Waals surface area contributed by atoms with Gasteiger partial charge in [-0.2, -0.15) is 4.31 Å². The van der Waals surface area contributed by atoms with E-state index in [1.165, 1.54) is 4.90 Å². The molecule has 1 aliphatic carbocycles. The highest BCUT2D eigenvalue weighted by atomic mass is 79.9. The van der Waals surface area contributed by atoms with E-state index in [0.717, 1.165) is 52.7 Å². The summed E-state index contributed by atoms with van der Waals surface area (Å²) in [5.41, 5.74) is 0.178. The zero-order valence-corrected chi connectivity index (χ0v) is 19.5. The van der Waals surface area contributed by atoms with Crippen molar-refractivity contribution >= 4 is 43.5 Å². The lowest BCUT2D eigenvalue weighted by atomic mass is 9.91. The number of benzene rings is 1. The molecule has 1 saturated heterocycles. The summed E-state index contributed by atoms with van der Waals surface area (Å²) in [6, 6.07) is 5.51. The predicted octanol–water partition coefficient (Wildman–Crippen LogP) is 2.57. The minimum Gasteiger partial charge on any atom is -0.351 e. The van der Waals surface area contributed by atoms with Gasteiger partial charge in [0.15, 0.2) is 0 Å². The summed E-state index contributed by atoms with van der Waals surface area (Å²) in [5, 5.41) is 3.08. The molecule has 1 N–H and O–H groups in total. The highest BCUT2D eigenvalue weighted by molar-refractivity contribution is 9.10. The van der Waals surface area contributed by atoms with E-state index in [-0.39, 0.29) is 25.0 Å². The van der Waals surface area contributed by atoms with Gasteiger partial charge in [0.05, 0.1) is 12.8 Å². The maximum Gasteiger partial charge on any atom is 0.247 e. The molecule has 0 radical (unpaired) electrons. The molecule has 2 amide bonds. The fourth-order valence-corrected chi connectivity index (χ4v) is 5.24. The van der Waals surface area contributed by atoms with Crippen LogP contribution in [-0.2, 0) is 19.6 Å². The Morgan fingerprint density at radius 2 is 1.90 bits per heavy atom. The highest BCUT2D eigenvalue weighted by Gasteiger charge is 2.50. The number of hydrogen-bond donors (Lipinski definition) is 1. The molecular formula is C20H28BrN3O4S. The van der Waals surface area contributed by atoms with Crippen molar-refractivity contribution in [3.05, 3.63) is 28.2 Å². The maximum atomic E-state index is 13.4. The van der Waals surface area contributed by atoms with Crippen LogP contribution in [0.3, 0.4) is 0 Å². The fraction of sp³-hybridized carbons (Fsp3) is 0.600. The molecule has 1 aromatic rings. The van der Waals surface area contributed by atoms with Gasteiger partial charge in [0.1, 0.15) is 5.54 Å². The lowest BCUT2D eigenvalue weighted by molar-refractivity contribution is -0.133. The number of rotatable bonds is 4. The smallest absolute Gasteiger partial charge is 0.247 e. The second-order valence-electron chi connectivity index (χ2n) is 8.28. The number of sulfonamides is 1. The van der Waals surface area contributed by atoms with Gasteiger partial charge in [-0.15, -0.1) is 0 Å². The molecule has 1 saturated carbocycles. The van der Waals surface area contributed by atoms with E-state index in [1.807, 2.05) is 19.1 Å². The summed E-state index contributed by atoms with van der Waals surface area (Å²) in [6.07, 6.45) is 6.16. The topological polar surface area (TPSA) is 86.8 Å². The third-order valence-electron chi connectivity index (χ3n) is 5.84. The number of anilines is 1. The number of aryl methyl sites for hydroxylation is 1. The van der Waals surface area contributed by atoms with E-state index in [2.05, 4.69) is 21.2 Å². The van der Waals surface area contributed by atoms with Crippen LogP contribution in [0.1, 0.15) is 44.6 Å². The Bertz CT molecular complexity index is 914. The van der Waals surface area contributed by atoms with Crippen LogP contribution >= 0.6 is 15.9 Å². The zero-order chi connectivity index (χ0) is 21.4. The Kier molecular flexibility index (Phi) is 6.41. The number of nitrogens with one attached hydrogen (secondary N) is 1. The summed E-state index contributed by atoms with van der Waals surface area (Å²) in [6.45, 7) is 3.20. The van der Waals surface area contributed by atoms with Crippen molar-refractivity contribution in [2.24, 2.45) is 0 Å². The predicted molar refractivity (Wildman–Crippen MR) is 116 cm³/mol. The van der Waals surface area contributed by atoms with E-state index >= 15 is 0 Å². The Hall–Kier alpha value is -1.45. The molecule has 7 nitrogen and oxygen atoms in total. The van der Waals surface area contributed by atoms with Crippen molar-refractivity contribution < 1.29 is 18.0 Å². The number of nitrogens with zero attached hydrogens (tertiary/aromatic N) is 2. The average molecular weight is 486 g/mol. The van der Waals surface area contributed by atoms with Crippen molar-refractivity contribution in [3.8, 4) is 0 Å². The molecule has 2 fully saturated rings. The summed E-state index contributed by atoms with van der Waals surface area (Å²) < 4.78 is 26.4. The molecule has 9 heteroatoms. The number of carbonyl (C=O) groups is 2. The Morgan fingerprint density at radius 3 is 2.48 bits per heavy atom. The van der Waals surface area contributed by atoms with E-state index in [0.29, 0.717) is 5.69 Å². The largest absolute Gasteiger partial charge is 0.351 e. The number of amides is 2. The standard InChI is InChI=1S/C20H28BrN3O4S/c1-14-11-16(9-10-17(14)21)24-18(25)12-23(29(3,27)28)13-20(24,2)19(26)22-15-7-5-4-6-8-15/h9-11,15H,4-8,12-13H2,1-3H3,(H,22,26)/t20-/m1/s1. The Morgan fingerprint density at radius 1 is 1.24 bits per heavy atom. The molecule has 2 aliphatic rings. The van der Waals surface area contributed by atoms with Crippen molar-refractivity contribution in [2.45, 2.75) is 57.5 Å². The minimum absolute atomic E-state index is 0.0605. The summed E-state index contributed by atoms with van der Waals surface area (Å²) in [7, 11) is -3.62. The molecule has 1 heterocycles. The van der Waals surface area contributed by atoms with Gasteiger partial charge in [-0.1, -0.05) is 35.2 Å². The molecule has 0 unspecified atom stereocenters. The van der Waals surface area contributed by atoms with Crippen LogP contribution in [0.25, 0.3) is 0 Å². The van der Waals surface area contributed by atoms with Crippen molar-refractivity contribution in [1.82, 2.24) is 9.62 Å². The van der Waals surface area contributed by atoms with E-state index in [4.69, 9.17) is 0 Å². The molecule has 29 heavy (non-hydrogen) atoms. The monoisotopic (exact) mass is 485 g/mol. The quantitative estimate of drug-likeness (QED) is 0.709. The third-order valence-corrected chi connectivity index (χ3v) is 7.92. The Labute approximate surface area is 181 Å². The van der Waals surface area contributed by atoms with E-state index in [9.17, 15) is 18.0 Å². The van der Waals surface area contributed by atoms with E-state index < -0.39 is 21.5 Å². The molecular weight excluding hydrogens is 458 g/mol. The molecule has 0 aromatic heterocycles. The molecule has 1 aliphatic heterocycles. The average Bonchev–Trinajstić information content (AvgIpc) is 2.64. The van der Waals surface area contributed by atoms with Crippen LogP contribution in [0.5, 0.6) is 0 Å². The summed E-state index contributed by atoms with van der Waals surface area (Å²) in [5.74, 6) is -0.726. The van der Waals surface area contributed by atoms with Crippen molar-refractivity contribution in [2.75, 3.05) is 24.2 Å². The first-order valence-electron chi connectivity index (χ1n) is 9.87. The van der Waals surface area contributed by atoms with Crippen molar-refractivity contribution in [3.63, 3.8) is 0 Å². The van der Waals surface area contributed by atoms with Gasteiger partial charge in [-0.25, -0.2) is 8.42 Å². The van der Waals surface area contributed by atoms with Crippen molar-refractivity contribution in [1.29, 1.82) is 0 Å². The first kappa shape index (κ1) is 22.2. The zero-order valence-electron chi connectivity index (χ0n) is 17.1. The van der Waals surface area contributed by atoms with Gasteiger partial charge in [0, 0.05) is 22.7 Å². The fourth-order valence-electron chi connectivity index (χ4n) is 4.16. The second kappa shape index (κ2) is 8.35. The number of halogens is 1. The molecule has 1 atom stereocenters. The maximum absolute atomic E-state index is 13.4. The van der Waals surface area contributed by atoms with Gasteiger partial charge < -0.3 is 5.32 Å². The van der Waals surface area contributed by atoms with Gasteiger partial charge >= 0.3 is 0 Å². The highest BCUT2D eigenvalue weighted by Crippen LogP contribution is 2.33. The first-order valence-corrected chi connectivity index (χ1v) is 12.5. The van der Waals surface area contributed by atoms with Crippen LogP contribution < -0.4 is 10.2 Å². The van der Waals surface area contributed by atoms with Gasteiger partial charge in [-0.3, -0.25) is 14.5 Å². The van der Waals surface area contributed by atoms with Gasteiger partial charge in [0.25, 0.3) is 0 Å². The normalized spacial score (nSPS) is 24.6. The number of carbonyl (C=O) groups excluding carboxylic acids is 2. The van der Waals surface area contributed by atoms with Crippen LogP contribution in [0, 0.1) is 6.92 Å². The second-order valence-corrected chi connectivity index (χ2v) is 11.1. The summed E-state index contributed by atoms with van der Waals surface area (Å²) in [4.78, 5) is 28.0. The lowest BCUT2D eigenvalue weighted by Gasteiger charge is -2.47. The van der Waals surface area contributed by atoms with Crippen LogP contribution in [0.4, 0.5) is 5.69 Å². The van der Waals surface area contributed by atoms with Gasteiger partial charge in [-0.05, 0) is 50.5 Å². The SMILES string of the molecule is Cc1cc(N2C(=O)CN(S(C)(=O)=O)C[C@]2(C)C(=O)NC2CCCCC2)ccc1Br. The molecule has 0 spiro atoms. The van der Waals surface area contributed by atoms with E-state index in [1.54, 1.807) is 13.0 Å². The third kappa shape index (κ3) is 4.67. The molecule has 1 aromatic carbocycles. The van der Waals surface area contributed by atoms with Gasteiger partial charge in [0.2, 0.25) is 21.8 Å². The summed E-state index contributed by atoms with van der Waals surface area (Å²) >= 11 is 3.46. The van der Waals surface area contributed by atoms with Crippen LogP contribution in [0.2, 0.25) is 0 Å². The number of hydrogen-bond acceptors (Lipinski definition) is 4. The van der Waals surface area contributed by atoms with Crippen LogP contribution in [0.15, 0.2) is 22.7 Å². The molecule has 3 rings (SSSR count). The minimum atomic E-state index is -3.62. The molecule has 160 valence electrons.